The first-order chi connectivity index (χ1) is 4.72. The molecule has 0 aromatic rings. The Balaban J connectivity index is 3.90. The molecule has 0 rings (SSSR count). The quantitative estimate of drug-likeness (QED) is 0.517. The molecule has 0 bridgehead atoms. The van der Waals surface area contributed by atoms with E-state index in [1.807, 2.05) is 0 Å². The van der Waals surface area contributed by atoms with Crippen molar-refractivity contribution in [1.29, 1.82) is 10.5 Å². The van der Waals surface area contributed by atoms with E-state index >= 15 is 0 Å². The van der Waals surface area contributed by atoms with Crippen LogP contribution < -0.4 is 5.73 Å². The minimum absolute atomic E-state index is 0.136. The zero-order chi connectivity index (χ0) is 7.98. The zero-order valence-electron chi connectivity index (χ0n) is 5.24. The highest BCUT2D eigenvalue weighted by molar-refractivity contribution is 5.72. The first kappa shape index (κ1) is 8.25. The van der Waals surface area contributed by atoms with Gasteiger partial charge in [-0.15, -0.1) is 0 Å². The molecule has 0 aromatic carbocycles. The summed E-state index contributed by atoms with van der Waals surface area (Å²) < 4.78 is 0. The summed E-state index contributed by atoms with van der Waals surface area (Å²) >= 11 is 0. The van der Waals surface area contributed by atoms with Gasteiger partial charge in [-0.2, -0.15) is 10.5 Å². The van der Waals surface area contributed by atoms with Gasteiger partial charge in [-0.05, 0) is 0 Å². The van der Waals surface area contributed by atoms with Crippen LogP contribution in [0.3, 0.4) is 0 Å². The Hall–Kier alpha value is -1.75. The maximum Gasteiger partial charge on any atom is 0.316 e. The number of carbonyl (C=O) groups excluding carboxylic acids is 1. The van der Waals surface area contributed by atoms with Crippen LogP contribution in [0.2, 0.25) is 0 Å². The van der Waals surface area contributed by atoms with Gasteiger partial charge in [0.25, 0.3) is 0 Å². The van der Waals surface area contributed by atoms with Crippen molar-refractivity contribution in [2.24, 2.45) is 5.73 Å². The van der Waals surface area contributed by atoms with Crippen LogP contribution in [0.4, 0.5) is 4.79 Å². The highest BCUT2D eigenvalue weighted by Crippen LogP contribution is 1.83. The SMILES string of the molecule is N#CCN(CC#N)C(N)=O. The summed E-state index contributed by atoms with van der Waals surface area (Å²) in [5.41, 5.74) is 4.79. The molecule has 0 aliphatic heterocycles. The largest absolute Gasteiger partial charge is 0.351 e. The summed E-state index contributed by atoms with van der Waals surface area (Å²) in [6.07, 6.45) is 0. The fraction of sp³-hybridized carbons (Fsp3) is 0.400. The van der Waals surface area contributed by atoms with Gasteiger partial charge in [0.05, 0.1) is 12.1 Å². The molecule has 0 fully saturated rings. The van der Waals surface area contributed by atoms with Crippen LogP contribution in [0.5, 0.6) is 0 Å². The van der Waals surface area contributed by atoms with Gasteiger partial charge in [0.15, 0.2) is 0 Å². The van der Waals surface area contributed by atoms with Gasteiger partial charge in [-0.3, -0.25) is 4.90 Å². The van der Waals surface area contributed by atoms with E-state index in [0.717, 1.165) is 4.90 Å². The standard InChI is InChI=1S/C5H6N4O/c6-1-3-9(4-2-7)5(8)10/h3-4H2,(H2,8,10). The molecule has 0 aliphatic rings. The van der Waals surface area contributed by atoms with Crippen LogP contribution in [0.1, 0.15) is 0 Å². The molecule has 0 spiro atoms. The molecule has 2 N–H and O–H groups in total. The van der Waals surface area contributed by atoms with E-state index in [0.29, 0.717) is 0 Å². The average molecular weight is 138 g/mol. The van der Waals surface area contributed by atoms with E-state index in [2.05, 4.69) is 0 Å². The lowest BCUT2D eigenvalue weighted by Crippen LogP contribution is -2.36. The molecule has 0 aliphatic carbocycles. The molecule has 5 nitrogen and oxygen atoms in total. The second-order valence-electron chi connectivity index (χ2n) is 1.51. The minimum atomic E-state index is -0.747. The maximum absolute atomic E-state index is 10.3. The number of carbonyl (C=O) groups is 1. The highest BCUT2D eigenvalue weighted by atomic mass is 16.2. The van der Waals surface area contributed by atoms with Gasteiger partial charge < -0.3 is 5.73 Å². The predicted molar refractivity (Wildman–Crippen MR) is 32.4 cm³/mol. The molecule has 0 saturated heterocycles. The van der Waals surface area contributed by atoms with Crippen LogP contribution in [0.25, 0.3) is 0 Å². The summed E-state index contributed by atoms with van der Waals surface area (Å²) in [6, 6.07) is 2.67. The smallest absolute Gasteiger partial charge is 0.316 e. The first-order valence-electron chi connectivity index (χ1n) is 2.50. The summed E-state index contributed by atoms with van der Waals surface area (Å²) in [4.78, 5) is 11.3. The van der Waals surface area contributed by atoms with Gasteiger partial charge >= 0.3 is 6.03 Å². The lowest BCUT2D eigenvalue weighted by Gasteiger charge is -2.10. The Morgan fingerprint density at radius 2 is 1.80 bits per heavy atom. The number of nitrogens with zero attached hydrogens (tertiary/aromatic N) is 3. The molecular formula is C5H6N4O. The maximum atomic E-state index is 10.3. The number of amides is 2. The van der Waals surface area contributed by atoms with Crippen molar-refractivity contribution in [2.45, 2.75) is 0 Å². The number of urea groups is 1. The number of hydrogen-bond donors (Lipinski definition) is 1. The third-order valence-electron chi connectivity index (χ3n) is 0.835. The molecular weight excluding hydrogens is 132 g/mol. The van der Waals surface area contributed by atoms with Crippen molar-refractivity contribution in [1.82, 2.24) is 4.90 Å². The van der Waals surface area contributed by atoms with Crippen molar-refractivity contribution < 1.29 is 4.79 Å². The summed E-state index contributed by atoms with van der Waals surface area (Å²) in [7, 11) is 0. The second kappa shape index (κ2) is 4.16. The topological polar surface area (TPSA) is 93.9 Å². The molecule has 5 heteroatoms. The Morgan fingerprint density at radius 3 is 2.00 bits per heavy atom. The Kier molecular flexibility index (Phi) is 3.43. The predicted octanol–water partition coefficient (Wildman–Crippen LogP) is -0.586. The molecule has 52 valence electrons. The normalized spacial score (nSPS) is 7.40. The Morgan fingerprint density at radius 1 is 1.40 bits per heavy atom. The monoisotopic (exact) mass is 138 g/mol. The van der Waals surface area contributed by atoms with Crippen molar-refractivity contribution in [3.05, 3.63) is 0 Å². The summed E-state index contributed by atoms with van der Waals surface area (Å²) in [6.45, 7) is -0.272. The van der Waals surface area contributed by atoms with Crippen LogP contribution in [0.15, 0.2) is 0 Å². The second-order valence-corrected chi connectivity index (χ2v) is 1.51. The fourth-order valence-corrected chi connectivity index (χ4v) is 0.382. The van der Waals surface area contributed by atoms with Crippen LogP contribution in [-0.4, -0.2) is 24.0 Å². The number of nitrogens with two attached hydrogens (primary N) is 1. The van der Waals surface area contributed by atoms with Crippen molar-refractivity contribution in [3.8, 4) is 12.1 Å². The van der Waals surface area contributed by atoms with Gasteiger partial charge in [0, 0.05) is 0 Å². The number of nitriles is 2. The van der Waals surface area contributed by atoms with Crippen molar-refractivity contribution in [3.63, 3.8) is 0 Å². The van der Waals surface area contributed by atoms with Gasteiger partial charge in [0.1, 0.15) is 13.1 Å². The zero-order valence-corrected chi connectivity index (χ0v) is 5.24. The molecule has 0 atom stereocenters. The molecule has 0 aromatic heterocycles. The van der Waals surface area contributed by atoms with Crippen LogP contribution in [0, 0.1) is 22.7 Å². The van der Waals surface area contributed by atoms with E-state index in [1.165, 1.54) is 0 Å². The Bertz CT molecular complexity index is 183. The summed E-state index contributed by atoms with van der Waals surface area (Å²) in [5, 5.41) is 16.2. The van der Waals surface area contributed by atoms with Crippen molar-refractivity contribution >= 4 is 6.03 Å². The van der Waals surface area contributed by atoms with E-state index in [1.54, 1.807) is 12.1 Å². The molecule has 0 radical (unpaired) electrons. The molecule has 2 amide bonds. The van der Waals surface area contributed by atoms with Crippen molar-refractivity contribution in [2.75, 3.05) is 13.1 Å². The lowest BCUT2D eigenvalue weighted by atomic mass is 10.5. The highest BCUT2D eigenvalue weighted by Gasteiger charge is 2.05. The van der Waals surface area contributed by atoms with E-state index in [4.69, 9.17) is 16.3 Å². The third-order valence-corrected chi connectivity index (χ3v) is 0.835. The number of rotatable bonds is 2. The average Bonchev–Trinajstić information content (AvgIpc) is 1.87. The van der Waals surface area contributed by atoms with E-state index in [-0.39, 0.29) is 13.1 Å². The first-order valence-corrected chi connectivity index (χ1v) is 2.50. The van der Waals surface area contributed by atoms with Gasteiger partial charge in [-0.25, -0.2) is 4.79 Å². The fourth-order valence-electron chi connectivity index (χ4n) is 0.382. The van der Waals surface area contributed by atoms with E-state index in [9.17, 15) is 4.79 Å². The molecule has 0 heterocycles. The number of primary amides is 1. The van der Waals surface area contributed by atoms with E-state index < -0.39 is 6.03 Å². The van der Waals surface area contributed by atoms with Crippen LogP contribution in [-0.2, 0) is 0 Å². The van der Waals surface area contributed by atoms with Gasteiger partial charge in [0.2, 0.25) is 0 Å². The molecule has 0 unspecified atom stereocenters. The lowest BCUT2D eigenvalue weighted by molar-refractivity contribution is 0.219. The van der Waals surface area contributed by atoms with Gasteiger partial charge in [-0.1, -0.05) is 0 Å². The summed E-state index contributed by atoms with van der Waals surface area (Å²) in [5.74, 6) is 0. The molecule has 10 heavy (non-hydrogen) atoms. The molecule has 0 saturated carbocycles. The Labute approximate surface area is 58.2 Å². The van der Waals surface area contributed by atoms with Crippen LogP contribution >= 0.6 is 0 Å². The minimum Gasteiger partial charge on any atom is -0.351 e. The number of hydrogen-bond acceptors (Lipinski definition) is 3. The third kappa shape index (κ3) is 2.53.